The molecule has 132 valence electrons. The molecule has 2 aromatic carbocycles. The molecule has 1 fully saturated rings. The summed E-state index contributed by atoms with van der Waals surface area (Å²) in [5, 5.41) is 1.28. The van der Waals surface area contributed by atoms with Crippen LogP contribution in [0.1, 0.15) is 11.1 Å². The Bertz CT molecular complexity index is 860. The molecule has 0 bridgehead atoms. The molecular weight excluding hydrogens is 318 g/mol. The lowest BCUT2D eigenvalue weighted by molar-refractivity contribution is 0.137. The summed E-state index contributed by atoms with van der Waals surface area (Å²) in [4.78, 5) is 9.55. The van der Waals surface area contributed by atoms with E-state index < -0.39 is 0 Å². The Morgan fingerprint density at radius 3 is 2.38 bits per heavy atom. The van der Waals surface area contributed by atoms with Crippen molar-refractivity contribution in [2.24, 2.45) is 0 Å². The summed E-state index contributed by atoms with van der Waals surface area (Å²) < 4.78 is 0. The van der Waals surface area contributed by atoms with Gasteiger partial charge < -0.3 is 0 Å². The highest BCUT2D eigenvalue weighted by atomic mass is 15.3. The van der Waals surface area contributed by atoms with Gasteiger partial charge in [-0.05, 0) is 23.3 Å². The molecule has 0 aliphatic carbocycles. The van der Waals surface area contributed by atoms with Crippen LogP contribution in [0.15, 0.2) is 72.9 Å². The van der Waals surface area contributed by atoms with Gasteiger partial charge >= 0.3 is 0 Å². The standard InChI is InChI=1S/C23H25N3/c1-2-7-20(8-3-1)9-6-14-25-15-17-26(18-16-25)19-21-12-13-24-23-11-5-4-10-22(21)23/h1-13H,14-19H2/b9-6+. The predicted molar refractivity (Wildman–Crippen MR) is 109 cm³/mol. The number of aromatic nitrogens is 1. The molecule has 0 radical (unpaired) electrons. The Hall–Kier alpha value is -2.49. The fourth-order valence-corrected chi connectivity index (χ4v) is 3.57. The van der Waals surface area contributed by atoms with Crippen LogP contribution in [-0.4, -0.2) is 47.5 Å². The minimum absolute atomic E-state index is 1.01. The molecule has 4 rings (SSSR count). The third-order valence-electron chi connectivity index (χ3n) is 5.07. The van der Waals surface area contributed by atoms with E-state index in [9.17, 15) is 0 Å². The van der Waals surface area contributed by atoms with Crippen LogP contribution in [0.4, 0.5) is 0 Å². The van der Waals surface area contributed by atoms with Crippen LogP contribution in [0.25, 0.3) is 17.0 Å². The van der Waals surface area contributed by atoms with Crippen LogP contribution in [0.2, 0.25) is 0 Å². The maximum Gasteiger partial charge on any atom is 0.0705 e. The largest absolute Gasteiger partial charge is 0.297 e. The van der Waals surface area contributed by atoms with Gasteiger partial charge in [-0.25, -0.2) is 0 Å². The Balaban J connectivity index is 1.30. The van der Waals surface area contributed by atoms with Crippen molar-refractivity contribution < 1.29 is 0 Å². The molecule has 0 amide bonds. The zero-order valence-electron chi connectivity index (χ0n) is 15.1. The SMILES string of the molecule is C(=C\c1ccccc1)/CN1CCN(Cc2ccnc3ccccc23)CC1. The summed E-state index contributed by atoms with van der Waals surface area (Å²) in [7, 11) is 0. The van der Waals surface area contributed by atoms with Gasteiger partial charge in [0.05, 0.1) is 5.52 Å². The lowest BCUT2D eigenvalue weighted by atomic mass is 10.1. The molecular formula is C23H25N3. The van der Waals surface area contributed by atoms with Crippen molar-refractivity contribution in [3.05, 3.63) is 84.1 Å². The molecule has 0 unspecified atom stereocenters. The molecule has 26 heavy (non-hydrogen) atoms. The van der Waals surface area contributed by atoms with Gasteiger partial charge in [0, 0.05) is 50.9 Å². The summed E-state index contributed by atoms with van der Waals surface area (Å²) in [6.07, 6.45) is 6.43. The van der Waals surface area contributed by atoms with Gasteiger partial charge in [0.1, 0.15) is 0 Å². The third kappa shape index (κ3) is 4.18. The van der Waals surface area contributed by atoms with Crippen molar-refractivity contribution in [3.8, 4) is 0 Å². The Kier molecular flexibility index (Phi) is 5.38. The van der Waals surface area contributed by atoms with Crippen molar-refractivity contribution in [3.63, 3.8) is 0 Å². The fraction of sp³-hybridized carbons (Fsp3) is 0.261. The number of benzene rings is 2. The molecule has 1 saturated heterocycles. The molecule has 2 heterocycles. The lowest BCUT2D eigenvalue weighted by Crippen LogP contribution is -2.45. The molecule has 1 aliphatic rings. The molecule has 0 atom stereocenters. The van der Waals surface area contributed by atoms with Gasteiger partial charge in [-0.1, -0.05) is 60.7 Å². The first-order chi connectivity index (χ1) is 12.9. The zero-order valence-corrected chi connectivity index (χ0v) is 15.1. The van der Waals surface area contributed by atoms with Crippen LogP contribution in [0, 0.1) is 0 Å². The molecule has 3 nitrogen and oxygen atoms in total. The average molecular weight is 343 g/mol. The van der Waals surface area contributed by atoms with Crippen LogP contribution in [0.3, 0.4) is 0 Å². The molecule has 0 N–H and O–H groups in total. The lowest BCUT2D eigenvalue weighted by Gasteiger charge is -2.34. The van der Waals surface area contributed by atoms with Crippen LogP contribution in [0.5, 0.6) is 0 Å². The first-order valence-corrected chi connectivity index (χ1v) is 9.37. The second kappa shape index (κ2) is 8.26. The zero-order chi connectivity index (χ0) is 17.6. The minimum atomic E-state index is 1.01. The van der Waals surface area contributed by atoms with Gasteiger partial charge in [0.25, 0.3) is 0 Å². The van der Waals surface area contributed by atoms with E-state index in [4.69, 9.17) is 0 Å². The Labute approximate surface area is 155 Å². The number of pyridine rings is 1. The number of hydrogen-bond acceptors (Lipinski definition) is 3. The van der Waals surface area contributed by atoms with Crippen LogP contribution >= 0.6 is 0 Å². The van der Waals surface area contributed by atoms with Crippen molar-refractivity contribution in [1.82, 2.24) is 14.8 Å². The Morgan fingerprint density at radius 1 is 0.808 bits per heavy atom. The maximum absolute atomic E-state index is 4.47. The van der Waals surface area contributed by atoms with E-state index in [-0.39, 0.29) is 0 Å². The van der Waals surface area contributed by atoms with Gasteiger partial charge in [0.2, 0.25) is 0 Å². The number of nitrogens with zero attached hydrogens (tertiary/aromatic N) is 3. The van der Waals surface area contributed by atoms with Crippen molar-refractivity contribution in [2.45, 2.75) is 6.54 Å². The number of piperazine rings is 1. The van der Waals surface area contributed by atoms with Crippen LogP contribution in [-0.2, 0) is 6.54 Å². The van der Waals surface area contributed by atoms with E-state index in [0.717, 1.165) is 44.8 Å². The number of para-hydroxylation sites is 1. The second-order valence-corrected chi connectivity index (χ2v) is 6.88. The molecule has 1 aromatic heterocycles. The predicted octanol–water partition coefficient (Wildman–Crippen LogP) is 4.07. The summed E-state index contributed by atoms with van der Waals surface area (Å²) >= 11 is 0. The van der Waals surface area contributed by atoms with Crippen molar-refractivity contribution in [2.75, 3.05) is 32.7 Å². The molecule has 0 saturated carbocycles. The first-order valence-electron chi connectivity index (χ1n) is 9.37. The maximum atomic E-state index is 4.47. The minimum Gasteiger partial charge on any atom is -0.297 e. The summed E-state index contributed by atoms with van der Waals surface area (Å²) in [6.45, 7) is 6.54. The van der Waals surface area contributed by atoms with Crippen molar-refractivity contribution in [1.29, 1.82) is 0 Å². The quantitative estimate of drug-likeness (QED) is 0.696. The van der Waals surface area contributed by atoms with Gasteiger partial charge in [0.15, 0.2) is 0 Å². The van der Waals surface area contributed by atoms with Gasteiger partial charge in [-0.3, -0.25) is 14.8 Å². The summed E-state index contributed by atoms with van der Waals surface area (Å²) in [5.74, 6) is 0. The van der Waals surface area contributed by atoms with E-state index in [1.54, 1.807) is 0 Å². The van der Waals surface area contributed by atoms with Gasteiger partial charge in [-0.15, -0.1) is 0 Å². The highest BCUT2D eigenvalue weighted by Gasteiger charge is 2.16. The van der Waals surface area contributed by atoms with E-state index in [0.29, 0.717) is 0 Å². The second-order valence-electron chi connectivity index (χ2n) is 6.88. The number of fused-ring (bicyclic) bond motifs is 1. The summed E-state index contributed by atoms with van der Waals surface area (Å²) in [6, 6.07) is 21.1. The molecule has 3 aromatic rings. The first kappa shape index (κ1) is 17.0. The number of hydrogen-bond donors (Lipinski definition) is 0. The van der Waals surface area contributed by atoms with Gasteiger partial charge in [-0.2, -0.15) is 0 Å². The fourth-order valence-electron chi connectivity index (χ4n) is 3.57. The smallest absolute Gasteiger partial charge is 0.0705 e. The normalized spacial score (nSPS) is 16.5. The third-order valence-corrected chi connectivity index (χ3v) is 5.07. The highest BCUT2D eigenvalue weighted by molar-refractivity contribution is 5.81. The molecule has 3 heteroatoms. The highest BCUT2D eigenvalue weighted by Crippen LogP contribution is 2.18. The van der Waals surface area contributed by atoms with E-state index in [2.05, 4.69) is 87.6 Å². The van der Waals surface area contributed by atoms with Crippen LogP contribution < -0.4 is 0 Å². The van der Waals surface area contributed by atoms with E-state index in [1.807, 2.05) is 6.20 Å². The molecule has 0 spiro atoms. The molecule has 1 aliphatic heterocycles. The van der Waals surface area contributed by atoms with E-state index in [1.165, 1.54) is 16.5 Å². The number of rotatable bonds is 5. The van der Waals surface area contributed by atoms with E-state index >= 15 is 0 Å². The van der Waals surface area contributed by atoms with Crippen molar-refractivity contribution >= 4 is 17.0 Å². The summed E-state index contributed by atoms with van der Waals surface area (Å²) in [5.41, 5.74) is 3.75. The Morgan fingerprint density at radius 2 is 1.54 bits per heavy atom. The topological polar surface area (TPSA) is 19.4 Å². The monoisotopic (exact) mass is 343 g/mol. The average Bonchev–Trinajstić information content (AvgIpc) is 2.70.